The van der Waals surface area contributed by atoms with Crippen molar-refractivity contribution >= 4 is 51.6 Å². The lowest BCUT2D eigenvalue weighted by molar-refractivity contribution is 0.321. The summed E-state index contributed by atoms with van der Waals surface area (Å²) in [4.78, 5) is 5.43. The molecule has 7 heteroatoms. The van der Waals surface area contributed by atoms with Crippen LogP contribution in [0.3, 0.4) is 0 Å². The van der Waals surface area contributed by atoms with Crippen LogP contribution in [-0.4, -0.2) is 16.4 Å². The monoisotopic (exact) mass is 315 g/mol. The Kier molecular flexibility index (Phi) is 4.63. The fraction of sp³-hybridized carbons (Fsp3) is 0.167. The van der Waals surface area contributed by atoms with Crippen molar-refractivity contribution in [3.05, 3.63) is 38.8 Å². The number of aromatic nitrogens is 1. The SMILES string of the molecule is Cc1nc(Nc2ccc(Cl)cc2Cl)sc1C/C=N/O. The Balaban J connectivity index is 2.19. The van der Waals surface area contributed by atoms with Crippen LogP contribution in [0.15, 0.2) is 23.4 Å². The van der Waals surface area contributed by atoms with Gasteiger partial charge in [0.25, 0.3) is 0 Å². The number of thiazole rings is 1. The topological polar surface area (TPSA) is 57.5 Å². The van der Waals surface area contributed by atoms with Crippen LogP contribution in [0, 0.1) is 6.92 Å². The predicted molar refractivity (Wildman–Crippen MR) is 80.6 cm³/mol. The van der Waals surface area contributed by atoms with E-state index in [0.29, 0.717) is 16.5 Å². The molecule has 0 aliphatic carbocycles. The third kappa shape index (κ3) is 3.59. The molecule has 0 amide bonds. The van der Waals surface area contributed by atoms with Gasteiger partial charge in [-0.05, 0) is 25.1 Å². The molecule has 1 heterocycles. The maximum Gasteiger partial charge on any atom is 0.187 e. The van der Waals surface area contributed by atoms with Crippen molar-refractivity contribution in [2.24, 2.45) is 5.16 Å². The van der Waals surface area contributed by atoms with E-state index >= 15 is 0 Å². The Bertz CT molecular complexity index is 613. The van der Waals surface area contributed by atoms with Gasteiger partial charge in [-0.25, -0.2) is 4.98 Å². The first-order valence-electron chi connectivity index (χ1n) is 5.44. The first-order valence-corrected chi connectivity index (χ1v) is 7.01. The molecule has 1 aromatic carbocycles. The summed E-state index contributed by atoms with van der Waals surface area (Å²) in [7, 11) is 0. The zero-order valence-electron chi connectivity index (χ0n) is 10.0. The number of halogens is 2. The van der Waals surface area contributed by atoms with Crippen molar-refractivity contribution in [3.8, 4) is 0 Å². The van der Waals surface area contributed by atoms with Gasteiger partial charge in [-0.15, -0.1) is 16.5 Å². The van der Waals surface area contributed by atoms with Crippen LogP contribution in [0.1, 0.15) is 10.6 Å². The highest BCUT2D eigenvalue weighted by Gasteiger charge is 2.08. The van der Waals surface area contributed by atoms with E-state index in [1.165, 1.54) is 17.6 Å². The lowest BCUT2D eigenvalue weighted by atomic mass is 10.3. The van der Waals surface area contributed by atoms with Gasteiger partial charge in [0.15, 0.2) is 5.13 Å². The van der Waals surface area contributed by atoms with E-state index in [9.17, 15) is 0 Å². The molecule has 0 atom stereocenters. The van der Waals surface area contributed by atoms with Crippen molar-refractivity contribution < 1.29 is 5.21 Å². The van der Waals surface area contributed by atoms with Gasteiger partial charge in [-0.1, -0.05) is 23.2 Å². The predicted octanol–water partition coefficient (Wildman–Crippen LogP) is 4.50. The van der Waals surface area contributed by atoms with Crippen LogP contribution in [0.5, 0.6) is 0 Å². The van der Waals surface area contributed by atoms with E-state index in [-0.39, 0.29) is 0 Å². The highest BCUT2D eigenvalue weighted by atomic mass is 35.5. The maximum absolute atomic E-state index is 8.43. The number of hydrogen-bond acceptors (Lipinski definition) is 5. The Morgan fingerprint density at radius 3 is 2.95 bits per heavy atom. The van der Waals surface area contributed by atoms with Crippen molar-refractivity contribution in [3.63, 3.8) is 0 Å². The molecular weight excluding hydrogens is 305 g/mol. The van der Waals surface area contributed by atoms with Crippen LogP contribution in [0.25, 0.3) is 0 Å². The number of rotatable bonds is 4. The normalized spacial score (nSPS) is 11.1. The smallest absolute Gasteiger partial charge is 0.187 e. The summed E-state index contributed by atoms with van der Waals surface area (Å²) in [5, 5.41) is 16.4. The first-order chi connectivity index (χ1) is 9.10. The largest absolute Gasteiger partial charge is 0.411 e. The number of anilines is 2. The second-order valence-corrected chi connectivity index (χ2v) is 5.71. The van der Waals surface area contributed by atoms with Gasteiger partial charge in [-0.3, -0.25) is 0 Å². The molecule has 2 rings (SSSR count). The maximum atomic E-state index is 8.43. The van der Waals surface area contributed by atoms with Crippen LogP contribution >= 0.6 is 34.5 Å². The quantitative estimate of drug-likeness (QED) is 0.496. The lowest BCUT2D eigenvalue weighted by Gasteiger charge is -2.04. The second-order valence-electron chi connectivity index (χ2n) is 3.78. The van der Waals surface area contributed by atoms with Crippen molar-refractivity contribution in [2.75, 3.05) is 5.32 Å². The number of nitrogens with one attached hydrogen (secondary N) is 1. The van der Waals surface area contributed by atoms with Gasteiger partial charge in [0, 0.05) is 22.5 Å². The zero-order valence-corrected chi connectivity index (χ0v) is 12.4. The highest BCUT2D eigenvalue weighted by Crippen LogP contribution is 2.31. The molecule has 0 fully saturated rings. The van der Waals surface area contributed by atoms with E-state index < -0.39 is 0 Å². The second kappa shape index (κ2) is 6.23. The lowest BCUT2D eigenvalue weighted by Crippen LogP contribution is -1.90. The van der Waals surface area contributed by atoms with Gasteiger partial charge < -0.3 is 10.5 Å². The summed E-state index contributed by atoms with van der Waals surface area (Å²) in [6.45, 7) is 1.91. The van der Waals surface area contributed by atoms with Gasteiger partial charge in [-0.2, -0.15) is 0 Å². The highest BCUT2D eigenvalue weighted by molar-refractivity contribution is 7.15. The molecule has 0 unspecified atom stereocenters. The van der Waals surface area contributed by atoms with Crippen molar-refractivity contribution in [1.82, 2.24) is 4.98 Å². The fourth-order valence-corrected chi connectivity index (χ4v) is 2.88. The van der Waals surface area contributed by atoms with E-state index in [1.54, 1.807) is 18.2 Å². The summed E-state index contributed by atoms with van der Waals surface area (Å²) in [5.41, 5.74) is 1.65. The third-order valence-corrected chi connectivity index (χ3v) is 4.07. The van der Waals surface area contributed by atoms with E-state index in [4.69, 9.17) is 28.4 Å². The summed E-state index contributed by atoms with van der Waals surface area (Å²) < 4.78 is 0. The zero-order chi connectivity index (χ0) is 13.8. The molecule has 2 N–H and O–H groups in total. The van der Waals surface area contributed by atoms with Crippen molar-refractivity contribution in [2.45, 2.75) is 13.3 Å². The molecule has 0 bridgehead atoms. The summed E-state index contributed by atoms with van der Waals surface area (Å²) >= 11 is 13.4. The number of hydrogen-bond donors (Lipinski definition) is 2. The number of benzene rings is 1. The average Bonchev–Trinajstić information content (AvgIpc) is 2.71. The molecule has 0 aliphatic rings. The van der Waals surface area contributed by atoms with E-state index in [1.807, 2.05) is 6.92 Å². The molecule has 4 nitrogen and oxygen atoms in total. The molecule has 0 saturated carbocycles. The van der Waals surface area contributed by atoms with E-state index in [0.717, 1.165) is 21.4 Å². The molecule has 0 saturated heterocycles. The van der Waals surface area contributed by atoms with E-state index in [2.05, 4.69) is 15.5 Å². The van der Waals surface area contributed by atoms with Crippen LogP contribution in [0.2, 0.25) is 10.0 Å². The number of nitrogens with zero attached hydrogens (tertiary/aromatic N) is 2. The van der Waals surface area contributed by atoms with Crippen LogP contribution in [-0.2, 0) is 6.42 Å². The summed E-state index contributed by atoms with van der Waals surface area (Å²) in [6.07, 6.45) is 1.98. The number of oxime groups is 1. The van der Waals surface area contributed by atoms with Crippen molar-refractivity contribution in [1.29, 1.82) is 0 Å². The number of aryl methyl sites for hydroxylation is 1. The van der Waals surface area contributed by atoms with Gasteiger partial charge in [0.2, 0.25) is 0 Å². The Morgan fingerprint density at radius 1 is 1.47 bits per heavy atom. The molecule has 2 aromatic rings. The summed E-state index contributed by atoms with van der Waals surface area (Å²) in [6, 6.07) is 5.23. The minimum absolute atomic E-state index is 0.541. The average molecular weight is 316 g/mol. The van der Waals surface area contributed by atoms with Crippen LogP contribution in [0.4, 0.5) is 10.8 Å². The molecule has 0 spiro atoms. The minimum Gasteiger partial charge on any atom is -0.411 e. The Hall–Kier alpha value is -1.30. The standard InChI is InChI=1S/C12H11Cl2N3OS/c1-7-11(4-5-15-18)19-12(16-7)17-10-3-2-8(13)6-9(10)14/h2-3,5-6,18H,4H2,1H3,(H,16,17)/b15-5+. The van der Waals surface area contributed by atoms with Gasteiger partial charge >= 0.3 is 0 Å². The summed E-state index contributed by atoms with van der Waals surface area (Å²) in [5.74, 6) is 0. The third-order valence-electron chi connectivity index (χ3n) is 2.42. The molecule has 0 radical (unpaired) electrons. The molecule has 100 valence electrons. The molecule has 19 heavy (non-hydrogen) atoms. The molecular formula is C12H11Cl2N3OS. The first kappa shape index (κ1) is 14.1. The minimum atomic E-state index is 0.541. The molecule has 0 aliphatic heterocycles. The Morgan fingerprint density at radius 2 is 2.26 bits per heavy atom. The molecule has 1 aromatic heterocycles. The fourth-order valence-electron chi connectivity index (χ4n) is 1.50. The Labute approximate surface area is 124 Å². The van der Waals surface area contributed by atoms with Gasteiger partial charge in [0.05, 0.1) is 16.4 Å². The van der Waals surface area contributed by atoms with Gasteiger partial charge in [0.1, 0.15) is 0 Å². The van der Waals surface area contributed by atoms with Crippen LogP contribution < -0.4 is 5.32 Å².